The van der Waals surface area contributed by atoms with E-state index in [1.165, 1.54) is 13.0 Å². The summed E-state index contributed by atoms with van der Waals surface area (Å²) in [5, 5.41) is 5.47. The summed E-state index contributed by atoms with van der Waals surface area (Å²) in [6.45, 7) is 2.21. The molecule has 0 spiro atoms. The number of nitrogens with one attached hydrogen (secondary N) is 2. The van der Waals surface area contributed by atoms with Crippen LogP contribution in [0.5, 0.6) is 0 Å². The van der Waals surface area contributed by atoms with E-state index in [-0.39, 0.29) is 18.4 Å². The predicted molar refractivity (Wildman–Crippen MR) is 82.6 cm³/mol. The van der Waals surface area contributed by atoms with Gasteiger partial charge in [0.25, 0.3) is 0 Å². The van der Waals surface area contributed by atoms with Gasteiger partial charge >= 0.3 is 0 Å². The van der Waals surface area contributed by atoms with Crippen molar-refractivity contribution in [3.8, 4) is 0 Å². The smallest absolute Gasteiger partial charge is 0.242 e. The van der Waals surface area contributed by atoms with Crippen molar-refractivity contribution in [1.82, 2.24) is 10.6 Å². The number of benzene rings is 1. The molecule has 5 nitrogen and oxygen atoms in total. The minimum Gasteiger partial charge on any atom is -0.348 e. The summed E-state index contributed by atoms with van der Waals surface area (Å²) in [4.78, 5) is 12.6. The van der Waals surface area contributed by atoms with E-state index in [4.69, 9.17) is 0 Å². The van der Waals surface area contributed by atoms with Gasteiger partial charge in [0.1, 0.15) is 11.6 Å². The van der Waals surface area contributed by atoms with Gasteiger partial charge in [0.05, 0.1) is 6.04 Å². The lowest BCUT2D eigenvalue weighted by Gasteiger charge is -2.35. The lowest BCUT2D eigenvalue weighted by Crippen LogP contribution is -2.57. The van der Waals surface area contributed by atoms with Crippen molar-refractivity contribution in [1.29, 1.82) is 0 Å². The lowest BCUT2D eigenvalue weighted by atomic mass is 9.95. The number of piperidine rings is 1. The van der Waals surface area contributed by atoms with E-state index >= 15 is 0 Å². The number of hydrogen-bond acceptors (Lipinski definition) is 4. The Balaban J connectivity index is 2.29. The normalized spacial score (nSPS) is 19.1. The second kappa shape index (κ2) is 6.52. The molecule has 128 valence electrons. The Morgan fingerprint density at radius 3 is 2.26 bits per heavy atom. The Morgan fingerprint density at radius 2 is 1.78 bits per heavy atom. The Hall–Kier alpha value is -1.54. The summed E-state index contributed by atoms with van der Waals surface area (Å²) in [5.41, 5.74) is -0.279. The van der Waals surface area contributed by atoms with Crippen LogP contribution in [0.1, 0.15) is 31.4 Å². The summed E-state index contributed by atoms with van der Waals surface area (Å²) in [6, 6.07) is 2.45. The van der Waals surface area contributed by atoms with Gasteiger partial charge in [0, 0.05) is 11.8 Å². The van der Waals surface area contributed by atoms with E-state index in [0.29, 0.717) is 13.1 Å². The van der Waals surface area contributed by atoms with Crippen molar-refractivity contribution >= 4 is 15.7 Å². The van der Waals surface area contributed by atoms with Gasteiger partial charge < -0.3 is 10.6 Å². The SMILES string of the molecule is CC(NC(=O)C1(S(C)(=O)=O)CCNCC1)c1c(F)cccc1F. The molecule has 2 N–H and O–H groups in total. The lowest BCUT2D eigenvalue weighted by molar-refractivity contribution is -0.125. The summed E-state index contributed by atoms with van der Waals surface area (Å²) >= 11 is 0. The molecular formula is C15H20F2N2O3S. The highest BCUT2D eigenvalue weighted by Crippen LogP contribution is 2.29. The van der Waals surface area contributed by atoms with Gasteiger partial charge in [0.2, 0.25) is 5.91 Å². The molecule has 8 heteroatoms. The van der Waals surface area contributed by atoms with Crippen molar-refractivity contribution in [2.45, 2.75) is 30.6 Å². The molecule has 0 saturated carbocycles. The maximum absolute atomic E-state index is 13.8. The minimum absolute atomic E-state index is 0.129. The zero-order valence-electron chi connectivity index (χ0n) is 13.0. The molecule has 1 aromatic carbocycles. The van der Waals surface area contributed by atoms with Crippen LogP contribution in [0.15, 0.2) is 18.2 Å². The molecule has 1 saturated heterocycles. The van der Waals surface area contributed by atoms with Crippen LogP contribution in [0.4, 0.5) is 8.78 Å². The van der Waals surface area contributed by atoms with E-state index < -0.39 is 38.2 Å². The standard InChI is InChI=1S/C15H20F2N2O3S/c1-10(13-11(16)4-3-5-12(13)17)19-14(20)15(23(2,21)22)6-8-18-9-7-15/h3-5,10,18H,6-9H2,1-2H3,(H,19,20). The third-order valence-corrected chi connectivity index (χ3v) is 6.33. The maximum atomic E-state index is 13.8. The molecule has 23 heavy (non-hydrogen) atoms. The Morgan fingerprint density at radius 1 is 1.26 bits per heavy atom. The summed E-state index contributed by atoms with van der Waals surface area (Å²) in [7, 11) is -3.67. The second-order valence-electron chi connectivity index (χ2n) is 5.85. The number of carbonyl (C=O) groups excluding carboxylic acids is 1. The van der Waals surface area contributed by atoms with E-state index in [1.807, 2.05) is 0 Å². The highest BCUT2D eigenvalue weighted by molar-refractivity contribution is 7.92. The molecule has 0 radical (unpaired) electrons. The average molecular weight is 346 g/mol. The molecule has 0 aliphatic carbocycles. The number of carbonyl (C=O) groups is 1. The van der Waals surface area contributed by atoms with Crippen molar-refractivity contribution in [2.75, 3.05) is 19.3 Å². The van der Waals surface area contributed by atoms with Crippen molar-refractivity contribution in [3.05, 3.63) is 35.4 Å². The van der Waals surface area contributed by atoms with Gasteiger partial charge in [-0.25, -0.2) is 17.2 Å². The molecule has 0 bridgehead atoms. The first-order valence-corrected chi connectivity index (χ1v) is 9.23. The van der Waals surface area contributed by atoms with Crippen molar-refractivity contribution < 1.29 is 22.0 Å². The molecule has 1 unspecified atom stereocenters. The monoisotopic (exact) mass is 346 g/mol. The average Bonchev–Trinajstić information content (AvgIpc) is 2.46. The number of sulfone groups is 1. The first-order valence-electron chi connectivity index (χ1n) is 7.34. The number of halogens is 2. The first kappa shape index (κ1) is 17.8. The molecule has 2 rings (SSSR count). The van der Waals surface area contributed by atoms with Crippen molar-refractivity contribution in [2.24, 2.45) is 0 Å². The molecule has 0 aromatic heterocycles. The van der Waals surface area contributed by atoms with Gasteiger partial charge in [-0.05, 0) is 45.0 Å². The maximum Gasteiger partial charge on any atom is 0.242 e. The Labute approximate surface area is 134 Å². The zero-order valence-corrected chi connectivity index (χ0v) is 13.8. The van der Waals surface area contributed by atoms with Crippen LogP contribution >= 0.6 is 0 Å². The fraction of sp³-hybridized carbons (Fsp3) is 0.533. The third kappa shape index (κ3) is 3.37. The minimum atomic E-state index is -3.67. The van der Waals surface area contributed by atoms with Crippen LogP contribution in [0, 0.1) is 11.6 Å². The van der Waals surface area contributed by atoms with Crippen LogP contribution in [-0.4, -0.2) is 38.4 Å². The van der Waals surface area contributed by atoms with Crippen LogP contribution in [-0.2, 0) is 14.6 Å². The summed E-state index contributed by atoms with van der Waals surface area (Å²) < 4.78 is 50.4. The molecule has 1 aliphatic heterocycles. The van der Waals surface area contributed by atoms with Gasteiger partial charge in [0.15, 0.2) is 14.6 Å². The van der Waals surface area contributed by atoms with E-state index in [2.05, 4.69) is 10.6 Å². The van der Waals surface area contributed by atoms with Gasteiger partial charge in [-0.15, -0.1) is 0 Å². The summed E-state index contributed by atoms with van der Waals surface area (Å²) in [5.74, 6) is -2.27. The third-order valence-electron chi connectivity index (χ3n) is 4.32. The largest absolute Gasteiger partial charge is 0.348 e. The van der Waals surface area contributed by atoms with Gasteiger partial charge in [-0.3, -0.25) is 4.79 Å². The Kier molecular flexibility index (Phi) is 5.05. The van der Waals surface area contributed by atoms with E-state index in [9.17, 15) is 22.0 Å². The van der Waals surface area contributed by atoms with Crippen LogP contribution in [0.25, 0.3) is 0 Å². The van der Waals surface area contributed by atoms with Gasteiger partial charge in [-0.2, -0.15) is 0 Å². The topological polar surface area (TPSA) is 75.3 Å². The van der Waals surface area contributed by atoms with Crippen LogP contribution in [0.2, 0.25) is 0 Å². The second-order valence-corrected chi connectivity index (χ2v) is 8.17. The predicted octanol–water partition coefficient (Wildman–Crippen LogP) is 1.31. The number of amides is 1. The first-order chi connectivity index (χ1) is 10.7. The molecule has 1 atom stereocenters. The summed E-state index contributed by atoms with van der Waals surface area (Å²) in [6.07, 6.45) is 1.28. The zero-order chi connectivity index (χ0) is 17.3. The molecule has 1 aliphatic rings. The molecular weight excluding hydrogens is 326 g/mol. The highest BCUT2D eigenvalue weighted by atomic mass is 32.2. The molecule has 1 heterocycles. The highest BCUT2D eigenvalue weighted by Gasteiger charge is 2.49. The number of hydrogen-bond donors (Lipinski definition) is 2. The molecule has 1 aromatic rings. The van der Waals surface area contributed by atoms with E-state index in [0.717, 1.165) is 18.4 Å². The quantitative estimate of drug-likeness (QED) is 0.862. The van der Waals surface area contributed by atoms with Crippen LogP contribution in [0.3, 0.4) is 0 Å². The molecule has 1 amide bonds. The fourth-order valence-electron chi connectivity index (χ4n) is 2.92. The Bertz CT molecular complexity index is 680. The van der Waals surface area contributed by atoms with Gasteiger partial charge in [-0.1, -0.05) is 6.07 Å². The fourth-order valence-corrected chi connectivity index (χ4v) is 4.26. The van der Waals surface area contributed by atoms with Crippen LogP contribution < -0.4 is 10.6 Å². The van der Waals surface area contributed by atoms with Crippen molar-refractivity contribution in [3.63, 3.8) is 0 Å². The van der Waals surface area contributed by atoms with E-state index in [1.54, 1.807) is 0 Å². The molecule has 1 fully saturated rings. The number of rotatable bonds is 4.